The molecule has 0 bridgehead atoms. The molecule has 6 heteroatoms. The molecule has 2 aromatic carbocycles. The highest BCUT2D eigenvalue weighted by Crippen LogP contribution is 2.26. The standard InChI is InChI=1S/C19H17N3O3/c1-11(2)18-21-17-14(7-8-16(24)15(17)10-23)19(25)22(18)13-5-3-12(9-20)4-6-13/h3-8,11,23-24H,10H2,1-2H3. The summed E-state index contributed by atoms with van der Waals surface area (Å²) in [6.45, 7) is 3.42. The van der Waals surface area contributed by atoms with Crippen molar-refractivity contribution in [3.63, 3.8) is 0 Å². The van der Waals surface area contributed by atoms with E-state index in [2.05, 4.69) is 4.98 Å². The van der Waals surface area contributed by atoms with Crippen molar-refractivity contribution in [1.82, 2.24) is 9.55 Å². The van der Waals surface area contributed by atoms with Gasteiger partial charge in [-0.1, -0.05) is 13.8 Å². The maximum Gasteiger partial charge on any atom is 0.265 e. The van der Waals surface area contributed by atoms with E-state index in [1.54, 1.807) is 24.3 Å². The van der Waals surface area contributed by atoms with E-state index in [0.717, 1.165) is 0 Å². The summed E-state index contributed by atoms with van der Waals surface area (Å²) in [6.07, 6.45) is 0. The first-order valence-corrected chi connectivity index (χ1v) is 7.86. The molecule has 0 aliphatic carbocycles. The monoisotopic (exact) mass is 335 g/mol. The fraction of sp³-hybridized carbons (Fsp3) is 0.211. The molecule has 0 amide bonds. The second-order valence-corrected chi connectivity index (χ2v) is 6.04. The number of aromatic hydroxyl groups is 1. The Labute approximate surface area is 144 Å². The van der Waals surface area contributed by atoms with Crippen LogP contribution in [0.25, 0.3) is 16.6 Å². The molecule has 0 aliphatic heterocycles. The molecule has 0 unspecified atom stereocenters. The number of hydrogen-bond acceptors (Lipinski definition) is 5. The number of phenols is 1. The van der Waals surface area contributed by atoms with E-state index in [1.165, 1.54) is 16.7 Å². The van der Waals surface area contributed by atoms with Crippen LogP contribution in [-0.4, -0.2) is 19.8 Å². The zero-order chi connectivity index (χ0) is 18.1. The van der Waals surface area contributed by atoms with Crippen molar-refractivity contribution in [2.75, 3.05) is 0 Å². The zero-order valence-electron chi connectivity index (χ0n) is 13.9. The highest BCUT2D eigenvalue weighted by molar-refractivity contribution is 5.83. The minimum atomic E-state index is -0.409. The molecular formula is C19H17N3O3. The van der Waals surface area contributed by atoms with Crippen LogP contribution in [0, 0.1) is 11.3 Å². The predicted molar refractivity (Wildman–Crippen MR) is 93.7 cm³/mol. The fourth-order valence-electron chi connectivity index (χ4n) is 2.79. The third-order valence-electron chi connectivity index (χ3n) is 4.08. The van der Waals surface area contributed by atoms with Crippen LogP contribution in [-0.2, 0) is 6.61 Å². The van der Waals surface area contributed by atoms with Crippen LogP contribution in [0.2, 0.25) is 0 Å². The number of benzene rings is 2. The van der Waals surface area contributed by atoms with E-state index in [4.69, 9.17) is 5.26 Å². The lowest BCUT2D eigenvalue weighted by Gasteiger charge is -2.17. The molecule has 3 rings (SSSR count). The van der Waals surface area contributed by atoms with Crippen molar-refractivity contribution in [2.45, 2.75) is 26.4 Å². The summed E-state index contributed by atoms with van der Waals surface area (Å²) in [5, 5.41) is 28.7. The summed E-state index contributed by atoms with van der Waals surface area (Å²) < 4.78 is 1.51. The summed E-state index contributed by atoms with van der Waals surface area (Å²) >= 11 is 0. The summed E-state index contributed by atoms with van der Waals surface area (Å²) in [5.74, 6) is 0.358. The van der Waals surface area contributed by atoms with Crippen molar-refractivity contribution in [1.29, 1.82) is 5.26 Å². The van der Waals surface area contributed by atoms with Gasteiger partial charge in [0.1, 0.15) is 11.6 Å². The Kier molecular flexibility index (Phi) is 4.26. The molecule has 126 valence electrons. The second-order valence-electron chi connectivity index (χ2n) is 6.04. The first kappa shape index (κ1) is 16.7. The molecule has 3 aromatic rings. The summed E-state index contributed by atoms with van der Waals surface area (Å²) in [5.41, 5.74) is 1.38. The number of nitriles is 1. The molecular weight excluding hydrogens is 318 g/mol. The van der Waals surface area contributed by atoms with E-state index in [1.807, 2.05) is 19.9 Å². The van der Waals surface area contributed by atoms with Crippen molar-refractivity contribution in [3.05, 3.63) is 63.7 Å². The Morgan fingerprint density at radius 2 is 1.88 bits per heavy atom. The number of aromatic nitrogens is 2. The number of nitrogens with zero attached hydrogens (tertiary/aromatic N) is 3. The lowest BCUT2D eigenvalue weighted by molar-refractivity contribution is 0.277. The van der Waals surface area contributed by atoms with E-state index < -0.39 is 6.61 Å². The first-order chi connectivity index (χ1) is 12.0. The molecule has 0 fully saturated rings. The molecule has 0 spiro atoms. The average molecular weight is 335 g/mol. The maximum absolute atomic E-state index is 13.1. The van der Waals surface area contributed by atoms with Crippen LogP contribution in [0.5, 0.6) is 5.75 Å². The average Bonchev–Trinajstić information content (AvgIpc) is 2.61. The molecule has 0 saturated carbocycles. The van der Waals surface area contributed by atoms with Crippen molar-refractivity contribution in [2.24, 2.45) is 0 Å². The zero-order valence-corrected chi connectivity index (χ0v) is 13.9. The Morgan fingerprint density at radius 3 is 2.44 bits per heavy atom. The van der Waals surface area contributed by atoms with Crippen LogP contribution >= 0.6 is 0 Å². The number of aliphatic hydroxyl groups is 1. The van der Waals surface area contributed by atoms with Gasteiger partial charge in [0.25, 0.3) is 5.56 Å². The largest absolute Gasteiger partial charge is 0.508 e. The Balaban J connectivity index is 2.40. The predicted octanol–water partition coefficient (Wildman–Crippen LogP) is 2.58. The van der Waals surface area contributed by atoms with Gasteiger partial charge in [-0.05, 0) is 36.4 Å². The highest BCUT2D eigenvalue weighted by atomic mass is 16.3. The van der Waals surface area contributed by atoms with Crippen LogP contribution in [0.15, 0.2) is 41.2 Å². The summed E-state index contributed by atoms with van der Waals surface area (Å²) in [7, 11) is 0. The number of rotatable bonds is 3. The smallest absolute Gasteiger partial charge is 0.265 e. The third kappa shape index (κ3) is 2.75. The summed E-state index contributed by atoms with van der Waals surface area (Å²) in [4.78, 5) is 17.6. The van der Waals surface area contributed by atoms with Crippen molar-refractivity contribution in [3.8, 4) is 17.5 Å². The summed E-state index contributed by atoms with van der Waals surface area (Å²) in [6, 6.07) is 11.6. The van der Waals surface area contributed by atoms with Crippen LogP contribution < -0.4 is 5.56 Å². The molecule has 2 N–H and O–H groups in total. The molecule has 1 heterocycles. The molecule has 0 atom stereocenters. The van der Waals surface area contributed by atoms with Crippen molar-refractivity contribution >= 4 is 10.9 Å². The van der Waals surface area contributed by atoms with Gasteiger partial charge in [0.15, 0.2) is 0 Å². The SMILES string of the molecule is CC(C)c1nc2c(CO)c(O)ccc2c(=O)n1-c1ccc(C#N)cc1. The van der Waals surface area contributed by atoms with Gasteiger partial charge in [0.05, 0.1) is 34.8 Å². The van der Waals surface area contributed by atoms with Gasteiger partial charge in [-0.2, -0.15) is 5.26 Å². The Hall–Kier alpha value is -3.17. The van der Waals surface area contributed by atoms with Gasteiger partial charge in [0, 0.05) is 11.5 Å². The van der Waals surface area contributed by atoms with Gasteiger partial charge in [-0.3, -0.25) is 9.36 Å². The van der Waals surface area contributed by atoms with Crippen LogP contribution in [0.1, 0.15) is 36.7 Å². The van der Waals surface area contributed by atoms with E-state index in [-0.39, 0.29) is 22.8 Å². The molecule has 0 radical (unpaired) electrons. The third-order valence-corrected chi connectivity index (χ3v) is 4.08. The maximum atomic E-state index is 13.1. The van der Waals surface area contributed by atoms with Gasteiger partial charge < -0.3 is 10.2 Å². The Morgan fingerprint density at radius 1 is 1.20 bits per heavy atom. The van der Waals surface area contributed by atoms with Crippen molar-refractivity contribution < 1.29 is 10.2 Å². The molecule has 0 saturated heterocycles. The normalized spacial score (nSPS) is 11.0. The van der Waals surface area contributed by atoms with Crippen LogP contribution in [0.3, 0.4) is 0 Å². The lowest BCUT2D eigenvalue weighted by Crippen LogP contribution is -2.25. The quantitative estimate of drug-likeness (QED) is 0.766. The first-order valence-electron chi connectivity index (χ1n) is 7.86. The fourth-order valence-corrected chi connectivity index (χ4v) is 2.79. The second kappa shape index (κ2) is 6.38. The van der Waals surface area contributed by atoms with E-state index in [9.17, 15) is 15.0 Å². The van der Waals surface area contributed by atoms with Gasteiger partial charge >= 0.3 is 0 Å². The minimum absolute atomic E-state index is 0.0679. The number of hydrogen-bond donors (Lipinski definition) is 2. The minimum Gasteiger partial charge on any atom is -0.508 e. The topological polar surface area (TPSA) is 99.1 Å². The van der Waals surface area contributed by atoms with Gasteiger partial charge in [0.2, 0.25) is 0 Å². The Bertz CT molecular complexity index is 1040. The molecule has 0 aliphatic rings. The van der Waals surface area contributed by atoms with Crippen LogP contribution in [0.4, 0.5) is 0 Å². The molecule has 6 nitrogen and oxygen atoms in total. The molecule has 25 heavy (non-hydrogen) atoms. The number of aliphatic hydroxyl groups excluding tert-OH is 1. The molecule has 1 aromatic heterocycles. The highest BCUT2D eigenvalue weighted by Gasteiger charge is 2.18. The van der Waals surface area contributed by atoms with E-state index in [0.29, 0.717) is 28.0 Å². The van der Waals surface area contributed by atoms with Gasteiger partial charge in [-0.15, -0.1) is 0 Å². The van der Waals surface area contributed by atoms with Gasteiger partial charge in [-0.25, -0.2) is 4.98 Å². The van der Waals surface area contributed by atoms with E-state index >= 15 is 0 Å². The number of fused-ring (bicyclic) bond motifs is 1. The lowest BCUT2D eigenvalue weighted by atomic mass is 10.1.